The molecule has 1 amide bonds. The lowest BCUT2D eigenvalue weighted by atomic mass is 10.0. The molecule has 0 radical (unpaired) electrons. The standard InChI is InChI=1S/C17H20N4O/c18-17(22)15-3-1-2-13(10-15)12-21-9-8-20-11-16(21)14-4-6-19-7-5-14/h1-7,10,16,20H,8-9,11-12H2,(H2,18,22). The van der Waals surface area contributed by atoms with Gasteiger partial charge in [0.2, 0.25) is 5.91 Å². The maximum absolute atomic E-state index is 11.3. The van der Waals surface area contributed by atoms with Crippen LogP contribution in [0.2, 0.25) is 0 Å². The monoisotopic (exact) mass is 296 g/mol. The third-order valence-corrected chi connectivity index (χ3v) is 4.04. The first kappa shape index (κ1) is 14.7. The highest BCUT2D eigenvalue weighted by Gasteiger charge is 2.23. The summed E-state index contributed by atoms with van der Waals surface area (Å²) in [6, 6.07) is 12.0. The van der Waals surface area contributed by atoms with Gasteiger partial charge in [0, 0.05) is 50.2 Å². The Balaban J connectivity index is 1.80. The van der Waals surface area contributed by atoms with Gasteiger partial charge in [0.1, 0.15) is 0 Å². The molecule has 2 aromatic rings. The highest BCUT2D eigenvalue weighted by molar-refractivity contribution is 5.92. The molecule has 1 aromatic heterocycles. The highest BCUT2D eigenvalue weighted by Crippen LogP contribution is 2.23. The lowest BCUT2D eigenvalue weighted by Gasteiger charge is -2.36. The zero-order chi connectivity index (χ0) is 15.4. The van der Waals surface area contributed by atoms with Crippen LogP contribution in [0.1, 0.15) is 27.5 Å². The molecule has 22 heavy (non-hydrogen) atoms. The molecule has 2 heterocycles. The molecule has 5 nitrogen and oxygen atoms in total. The quantitative estimate of drug-likeness (QED) is 0.893. The van der Waals surface area contributed by atoms with E-state index >= 15 is 0 Å². The van der Waals surface area contributed by atoms with E-state index in [-0.39, 0.29) is 5.91 Å². The Morgan fingerprint density at radius 3 is 2.91 bits per heavy atom. The third-order valence-electron chi connectivity index (χ3n) is 4.04. The van der Waals surface area contributed by atoms with E-state index in [4.69, 9.17) is 5.73 Å². The topological polar surface area (TPSA) is 71.2 Å². The van der Waals surface area contributed by atoms with Gasteiger partial charge in [0.25, 0.3) is 0 Å². The average molecular weight is 296 g/mol. The van der Waals surface area contributed by atoms with E-state index in [1.165, 1.54) is 5.56 Å². The van der Waals surface area contributed by atoms with Gasteiger partial charge in [-0.2, -0.15) is 0 Å². The van der Waals surface area contributed by atoms with Crippen molar-refractivity contribution in [2.45, 2.75) is 12.6 Å². The minimum atomic E-state index is -0.382. The number of pyridine rings is 1. The van der Waals surface area contributed by atoms with Crippen molar-refractivity contribution >= 4 is 5.91 Å². The number of nitrogens with zero attached hydrogens (tertiary/aromatic N) is 2. The molecule has 3 N–H and O–H groups in total. The normalized spacial score (nSPS) is 19.0. The summed E-state index contributed by atoms with van der Waals surface area (Å²) in [6.07, 6.45) is 3.66. The number of benzene rings is 1. The fourth-order valence-electron chi connectivity index (χ4n) is 2.91. The maximum atomic E-state index is 11.3. The first-order valence-electron chi connectivity index (χ1n) is 7.47. The molecule has 1 aliphatic rings. The summed E-state index contributed by atoms with van der Waals surface area (Å²) >= 11 is 0. The Morgan fingerprint density at radius 2 is 2.14 bits per heavy atom. The largest absolute Gasteiger partial charge is 0.366 e. The molecular formula is C17H20N4O. The van der Waals surface area contributed by atoms with Gasteiger partial charge in [0.05, 0.1) is 0 Å². The van der Waals surface area contributed by atoms with Gasteiger partial charge in [-0.05, 0) is 35.4 Å². The fraction of sp³-hybridized carbons (Fsp3) is 0.294. The van der Waals surface area contributed by atoms with Crippen LogP contribution in [-0.4, -0.2) is 35.4 Å². The second-order valence-corrected chi connectivity index (χ2v) is 5.54. The van der Waals surface area contributed by atoms with Gasteiger partial charge in [0.15, 0.2) is 0 Å². The number of rotatable bonds is 4. The number of amides is 1. The molecule has 1 unspecified atom stereocenters. The van der Waals surface area contributed by atoms with Crippen LogP contribution in [0.25, 0.3) is 0 Å². The summed E-state index contributed by atoms with van der Waals surface area (Å²) in [4.78, 5) is 17.8. The first-order valence-corrected chi connectivity index (χ1v) is 7.47. The van der Waals surface area contributed by atoms with Crippen molar-refractivity contribution in [2.24, 2.45) is 5.73 Å². The molecule has 0 spiro atoms. The Hall–Kier alpha value is -2.24. The average Bonchev–Trinajstić information content (AvgIpc) is 2.56. The maximum Gasteiger partial charge on any atom is 0.248 e. The summed E-state index contributed by atoms with van der Waals surface area (Å²) in [7, 11) is 0. The summed E-state index contributed by atoms with van der Waals surface area (Å²) in [6.45, 7) is 3.65. The molecule has 1 atom stereocenters. The number of carbonyl (C=O) groups excluding carboxylic acids is 1. The molecule has 1 aliphatic heterocycles. The van der Waals surface area contributed by atoms with E-state index in [1.54, 1.807) is 6.07 Å². The van der Waals surface area contributed by atoms with Crippen LogP contribution in [0.15, 0.2) is 48.8 Å². The molecule has 3 rings (SSSR count). The molecular weight excluding hydrogens is 276 g/mol. The van der Waals surface area contributed by atoms with Crippen molar-refractivity contribution in [3.63, 3.8) is 0 Å². The summed E-state index contributed by atoms with van der Waals surface area (Å²) in [5, 5.41) is 3.44. The number of aromatic nitrogens is 1. The molecule has 114 valence electrons. The van der Waals surface area contributed by atoms with Crippen molar-refractivity contribution in [2.75, 3.05) is 19.6 Å². The van der Waals surface area contributed by atoms with Gasteiger partial charge in [-0.25, -0.2) is 0 Å². The van der Waals surface area contributed by atoms with E-state index in [0.717, 1.165) is 31.7 Å². The Kier molecular flexibility index (Phi) is 4.46. The minimum absolute atomic E-state index is 0.314. The van der Waals surface area contributed by atoms with Gasteiger partial charge < -0.3 is 11.1 Å². The van der Waals surface area contributed by atoms with Crippen LogP contribution in [0, 0.1) is 0 Å². The van der Waals surface area contributed by atoms with E-state index in [2.05, 4.69) is 27.3 Å². The Labute approximate surface area is 130 Å². The van der Waals surface area contributed by atoms with Crippen molar-refractivity contribution in [3.8, 4) is 0 Å². The van der Waals surface area contributed by atoms with Crippen molar-refractivity contribution < 1.29 is 4.79 Å². The second kappa shape index (κ2) is 6.68. The summed E-state index contributed by atoms with van der Waals surface area (Å²) in [5.74, 6) is -0.382. The second-order valence-electron chi connectivity index (χ2n) is 5.54. The number of nitrogens with one attached hydrogen (secondary N) is 1. The number of primary amides is 1. The summed E-state index contributed by atoms with van der Waals surface area (Å²) in [5.41, 5.74) is 8.29. The van der Waals surface area contributed by atoms with Crippen LogP contribution in [0.5, 0.6) is 0 Å². The first-order chi connectivity index (χ1) is 10.7. The Morgan fingerprint density at radius 1 is 1.32 bits per heavy atom. The van der Waals surface area contributed by atoms with Crippen molar-refractivity contribution in [3.05, 3.63) is 65.5 Å². The minimum Gasteiger partial charge on any atom is -0.366 e. The Bertz CT molecular complexity index is 644. The van der Waals surface area contributed by atoms with Gasteiger partial charge in [-0.15, -0.1) is 0 Å². The van der Waals surface area contributed by atoms with Gasteiger partial charge >= 0.3 is 0 Å². The number of hydrogen-bond acceptors (Lipinski definition) is 4. The highest BCUT2D eigenvalue weighted by atomic mass is 16.1. The van der Waals surface area contributed by atoms with E-state index < -0.39 is 0 Å². The van der Waals surface area contributed by atoms with Crippen LogP contribution in [0.3, 0.4) is 0 Å². The predicted octanol–water partition coefficient (Wildman–Crippen LogP) is 1.33. The number of carbonyl (C=O) groups is 1. The number of piperazine rings is 1. The number of nitrogens with two attached hydrogens (primary N) is 1. The van der Waals surface area contributed by atoms with Crippen molar-refractivity contribution in [1.82, 2.24) is 15.2 Å². The zero-order valence-corrected chi connectivity index (χ0v) is 12.4. The van der Waals surface area contributed by atoms with Crippen LogP contribution in [-0.2, 0) is 6.54 Å². The van der Waals surface area contributed by atoms with Crippen LogP contribution in [0.4, 0.5) is 0 Å². The molecule has 0 aliphatic carbocycles. The van der Waals surface area contributed by atoms with Gasteiger partial charge in [-0.3, -0.25) is 14.7 Å². The lowest BCUT2D eigenvalue weighted by Crippen LogP contribution is -2.45. The van der Waals surface area contributed by atoms with Crippen molar-refractivity contribution in [1.29, 1.82) is 0 Å². The lowest BCUT2D eigenvalue weighted by molar-refractivity contribution is 0.1000. The SMILES string of the molecule is NC(=O)c1cccc(CN2CCNCC2c2ccncc2)c1. The fourth-order valence-corrected chi connectivity index (χ4v) is 2.91. The number of hydrogen-bond donors (Lipinski definition) is 2. The van der Waals surface area contributed by atoms with Crippen LogP contribution >= 0.6 is 0 Å². The molecule has 5 heteroatoms. The predicted molar refractivity (Wildman–Crippen MR) is 85.2 cm³/mol. The zero-order valence-electron chi connectivity index (χ0n) is 12.4. The third kappa shape index (κ3) is 3.32. The molecule has 1 saturated heterocycles. The van der Waals surface area contributed by atoms with E-state index in [0.29, 0.717) is 11.6 Å². The molecule has 1 fully saturated rings. The van der Waals surface area contributed by atoms with E-state index in [9.17, 15) is 4.79 Å². The molecule has 1 aromatic carbocycles. The van der Waals surface area contributed by atoms with E-state index in [1.807, 2.05) is 30.6 Å². The van der Waals surface area contributed by atoms with Gasteiger partial charge in [-0.1, -0.05) is 12.1 Å². The smallest absolute Gasteiger partial charge is 0.248 e. The molecule has 0 bridgehead atoms. The van der Waals surface area contributed by atoms with Crippen LogP contribution < -0.4 is 11.1 Å². The molecule has 0 saturated carbocycles. The summed E-state index contributed by atoms with van der Waals surface area (Å²) < 4.78 is 0.